The summed E-state index contributed by atoms with van der Waals surface area (Å²) in [5, 5.41) is 14.6. The van der Waals surface area contributed by atoms with Crippen molar-refractivity contribution in [3.63, 3.8) is 0 Å². The summed E-state index contributed by atoms with van der Waals surface area (Å²) >= 11 is 0. The molecule has 0 radical (unpaired) electrons. The zero-order valence-corrected chi connectivity index (χ0v) is 17.6. The summed E-state index contributed by atoms with van der Waals surface area (Å²) in [6, 6.07) is 6.67. The van der Waals surface area contributed by atoms with Gasteiger partial charge in [0.2, 0.25) is 5.91 Å². The molecule has 5 rings (SSSR count). The van der Waals surface area contributed by atoms with E-state index < -0.39 is 29.7 Å². The Morgan fingerprint density at radius 2 is 2.00 bits per heavy atom. The highest BCUT2D eigenvalue weighted by atomic mass is 19.4. The molecule has 0 bridgehead atoms. The van der Waals surface area contributed by atoms with Crippen molar-refractivity contribution in [2.45, 2.75) is 50.6 Å². The van der Waals surface area contributed by atoms with Crippen molar-refractivity contribution >= 4 is 16.8 Å². The van der Waals surface area contributed by atoms with Crippen LogP contribution in [0.15, 0.2) is 35.1 Å². The van der Waals surface area contributed by atoms with E-state index in [-0.39, 0.29) is 30.1 Å². The van der Waals surface area contributed by atoms with Gasteiger partial charge in [0, 0.05) is 24.9 Å². The lowest BCUT2D eigenvalue weighted by molar-refractivity contribution is -0.141. The Morgan fingerprint density at radius 1 is 1.21 bits per heavy atom. The molecule has 2 aliphatic heterocycles. The van der Waals surface area contributed by atoms with Crippen molar-refractivity contribution < 1.29 is 23.1 Å². The Kier molecular flexibility index (Phi) is 5.23. The number of aliphatic hydroxyl groups is 1. The van der Waals surface area contributed by atoms with E-state index in [2.05, 4.69) is 10.1 Å². The van der Waals surface area contributed by atoms with Crippen molar-refractivity contribution in [3.05, 3.63) is 57.9 Å². The molecule has 174 valence electrons. The number of amides is 1. The number of para-hydroxylation sites is 1. The quantitative estimate of drug-likeness (QED) is 0.645. The van der Waals surface area contributed by atoms with Crippen LogP contribution >= 0.6 is 0 Å². The fourth-order valence-corrected chi connectivity index (χ4v) is 4.71. The zero-order chi connectivity index (χ0) is 23.3. The smallest absolute Gasteiger partial charge is 0.391 e. The first kappa shape index (κ1) is 21.6. The largest absolute Gasteiger partial charge is 0.433 e. The van der Waals surface area contributed by atoms with Crippen molar-refractivity contribution in [2.75, 3.05) is 13.1 Å². The van der Waals surface area contributed by atoms with Gasteiger partial charge < -0.3 is 10.0 Å². The highest BCUT2D eigenvalue weighted by Crippen LogP contribution is 2.31. The number of rotatable bonds is 3. The number of halogens is 3. The second-order valence-corrected chi connectivity index (χ2v) is 8.54. The number of carbonyl (C=O) groups excluding carboxylic acids is 1. The van der Waals surface area contributed by atoms with Crippen LogP contribution in [-0.4, -0.2) is 54.4 Å². The van der Waals surface area contributed by atoms with Gasteiger partial charge in [-0.3, -0.25) is 9.36 Å². The third-order valence-electron chi connectivity index (χ3n) is 6.30. The van der Waals surface area contributed by atoms with Crippen LogP contribution in [0.5, 0.6) is 0 Å². The van der Waals surface area contributed by atoms with Crippen LogP contribution in [0.2, 0.25) is 0 Å². The van der Waals surface area contributed by atoms with Crippen LogP contribution in [0, 0.1) is 0 Å². The number of hydrogen-bond donors (Lipinski definition) is 1. The Balaban J connectivity index is 1.53. The molecule has 1 saturated heterocycles. The van der Waals surface area contributed by atoms with E-state index in [9.17, 15) is 27.9 Å². The number of alkyl halides is 3. The molecule has 0 unspecified atom stereocenters. The predicted octanol–water partition coefficient (Wildman–Crippen LogP) is 2.13. The average molecular weight is 461 g/mol. The van der Waals surface area contributed by atoms with Gasteiger partial charge in [-0.05, 0) is 37.0 Å². The Labute approximate surface area is 186 Å². The maximum atomic E-state index is 13.4. The molecule has 1 amide bonds. The SMILES string of the molecule is O=C([C@@H]1CCCc2nn(Cc3cc(C(F)(F)F)nc4ccccc34)c(=O)n21)N1CC[C@H](O)C1. The van der Waals surface area contributed by atoms with Gasteiger partial charge in [-0.2, -0.15) is 18.3 Å². The molecule has 0 spiro atoms. The summed E-state index contributed by atoms with van der Waals surface area (Å²) in [7, 11) is 0. The third kappa shape index (κ3) is 3.90. The van der Waals surface area contributed by atoms with Crippen LogP contribution < -0.4 is 5.69 Å². The number of aryl methyl sites for hydroxylation is 1. The molecule has 3 aromatic rings. The van der Waals surface area contributed by atoms with Gasteiger partial charge in [-0.25, -0.2) is 14.5 Å². The van der Waals surface area contributed by atoms with Crippen molar-refractivity contribution in [3.8, 4) is 0 Å². The molecule has 1 fully saturated rings. The lowest BCUT2D eigenvalue weighted by atomic mass is 10.0. The van der Waals surface area contributed by atoms with Gasteiger partial charge in [0.1, 0.15) is 17.6 Å². The number of β-amino-alcohol motifs (C(OH)–C–C–N with tert-alkyl or cyclic N) is 1. The lowest BCUT2D eigenvalue weighted by Crippen LogP contribution is -2.42. The van der Waals surface area contributed by atoms with E-state index in [1.54, 1.807) is 23.1 Å². The minimum Gasteiger partial charge on any atom is -0.391 e. The normalized spacial score (nSPS) is 20.9. The Hall–Kier alpha value is -3.21. The van der Waals surface area contributed by atoms with Crippen molar-refractivity contribution in [1.29, 1.82) is 0 Å². The van der Waals surface area contributed by atoms with E-state index >= 15 is 0 Å². The molecule has 2 atom stereocenters. The van der Waals surface area contributed by atoms with Crippen LogP contribution in [-0.2, 0) is 23.9 Å². The van der Waals surface area contributed by atoms with E-state index in [1.807, 2.05) is 0 Å². The number of fused-ring (bicyclic) bond motifs is 2. The first-order valence-electron chi connectivity index (χ1n) is 10.8. The number of aliphatic hydroxyl groups excluding tert-OH is 1. The fraction of sp³-hybridized carbons (Fsp3) is 0.455. The molecule has 11 heteroatoms. The first-order valence-corrected chi connectivity index (χ1v) is 10.8. The van der Waals surface area contributed by atoms with Gasteiger partial charge in [-0.15, -0.1) is 0 Å². The molecular formula is C22H22F3N5O3. The lowest BCUT2D eigenvalue weighted by Gasteiger charge is -2.27. The van der Waals surface area contributed by atoms with E-state index in [0.29, 0.717) is 43.4 Å². The Bertz CT molecular complexity index is 1280. The van der Waals surface area contributed by atoms with Gasteiger partial charge in [0.05, 0.1) is 18.2 Å². The molecule has 1 N–H and O–H groups in total. The average Bonchev–Trinajstić information content (AvgIpc) is 3.36. The second-order valence-electron chi connectivity index (χ2n) is 8.54. The number of hydrogen-bond acceptors (Lipinski definition) is 5. The van der Waals surface area contributed by atoms with Gasteiger partial charge in [-0.1, -0.05) is 18.2 Å². The summed E-state index contributed by atoms with van der Waals surface area (Å²) in [6.45, 7) is 0.489. The maximum absolute atomic E-state index is 13.4. The van der Waals surface area contributed by atoms with Crippen molar-refractivity contribution in [1.82, 2.24) is 24.2 Å². The molecule has 0 saturated carbocycles. The van der Waals surface area contributed by atoms with E-state index in [4.69, 9.17) is 0 Å². The monoisotopic (exact) mass is 461 g/mol. The first-order chi connectivity index (χ1) is 15.7. The molecule has 2 aromatic heterocycles. The number of likely N-dealkylation sites (tertiary alicyclic amines) is 1. The molecule has 33 heavy (non-hydrogen) atoms. The predicted molar refractivity (Wildman–Crippen MR) is 112 cm³/mol. The third-order valence-corrected chi connectivity index (χ3v) is 6.30. The van der Waals surface area contributed by atoms with Crippen LogP contribution in [0.1, 0.15) is 42.4 Å². The van der Waals surface area contributed by atoms with Gasteiger partial charge in [0.25, 0.3) is 0 Å². The van der Waals surface area contributed by atoms with Crippen LogP contribution in [0.25, 0.3) is 10.9 Å². The van der Waals surface area contributed by atoms with E-state index in [1.165, 1.54) is 10.6 Å². The fourth-order valence-electron chi connectivity index (χ4n) is 4.71. The minimum absolute atomic E-state index is 0.172. The highest BCUT2D eigenvalue weighted by Gasteiger charge is 2.36. The molecule has 0 aliphatic carbocycles. The number of aromatic nitrogens is 4. The number of carbonyl (C=O) groups is 1. The number of nitrogens with zero attached hydrogens (tertiary/aromatic N) is 5. The summed E-state index contributed by atoms with van der Waals surface area (Å²) < 4.78 is 42.7. The van der Waals surface area contributed by atoms with Gasteiger partial charge in [0.15, 0.2) is 0 Å². The molecule has 1 aromatic carbocycles. The molecular weight excluding hydrogens is 439 g/mol. The topological polar surface area (TPSA) is 93.2 Å². The Morgan fingerprint density at radius 3 is 2.73 bits per heavy atom. The van der Waals surface area contributed by atoms with Crippen molar-refractivity contribution in [2.24, 2.45) is 0 Å². The molecule has 4 heterocycles. The van der Waals surface area contributed by atoms with Crippen LogP contribution in [0.4, 0.5) is 13.2 Å². The number of benzene rings is 1. The molecule has 2 aliphatic rings. The minimum atomic E-state index is -4.63. The summed E-state index contributed by atoms with van der Waals surface area (Å²) in [5.41, 5.74) is -1.11. The van der Waals surface area contributed by atoms with E-state index in [0.717, 1.165) is 10.7 Å². The summed E-state index contributed by atoms with van der Waals surface area (Å²) in [4.78, 5) is 31.5. The summed E-state index contributed by atoms with van der Waals surface area (Å²) in [6.07, 6.45) is -3.07. The standard InChI is InChI=1S/C22H22F3N5O3/c23-22(24,25)18-10-13(15-4-1-2-5-16(15)26-18)11-29-21(33)30-17(6-3-7-19(30)27-29)20(32)28-9-8-14(31)12-28/h1-2,4-5,10,14,17,31H,3,6-9,11-12H2/t14-,17-/m0/s1. The van der Waals surface area contributed by atoms with Gasteiger partial charge >= 0.3 is 11.9 Å². The summed E-state index contributed by atoms with van der Waals surface area (Å²) in [5.74, 6) is 0.210. The van der Waals surface area contributed by atoms with Crippen LogP contribution in [0.3, 0.4) is 0 Å². The molecule has 8 nitrogen and oxygen atoms in total. The maximum Gasteiger partial charge on any atom is 0.433 e. The second kappa shape index (κ2) is 7.98. The highest BCUT2D eigenvalue weighted by molar-refractivity contribution is 5.82. The number of pyridine rings is 1. The zero-order valence-electron chi connectivity index (χ0n) is 17.6.